The number of rotatable bonds is 6. The molecule has 2 heterocycles. The third-order valence-corrected chi connectivity index (χ3v) is 5.74. The molecule has 8 heteroatoms. The first-order chi connectivity index (χ1) is 16.0. The Balaban J connectivity index is 1.38. The van der Waals surface area contributed by atoms with Crippen molar-refractivity contribution in [3.63, 3.8) is 0 Å². The number of piperazine rings is 1. The average Bonchev–Trinajstić information content (AvgIpc) is 2.85. The topological polar surface area (TPSA) is 81.1 Å². The van der Waals surface area contributed by atoms with Gasteiger partial charge in [-0.25, -0.2) is 9.82 Å². The van der Waals surface area contributed by atoms with Gasteiger partial charge < -0.3 is 10.0 Å². The minimum atomic E-state index is -0.341. The number of anilines is 1. The molecule has 1 amide bonds. The summed E-state index contributed by atoms with van der Waals surface area (Å²) in [5.41, 5.74) is 5.88. The van der Waals surface area contributed by atoms with Crippen LogP contribution in [0.2, 0.25) is 0 Å². The second kappa shape index (κ2) is 10.2. The molecule has 1 aromatic heterocycles. The maximum atomic E-state index is 13.2. The maximum Gasteiger partial charge on any atom is 0.271 e. The zero-order valence-corrected chi connectivity index (χ0v) is 18.4. The summed E-state index contributed by atoms with van der Waals surface area (Å²) < 4.78 is 13.2. The van der Waals surface area contributed by atoms with E-state index in [0.717, 1.165) is 37.4 Å². The SMILES string of the molecule is C/C(=N/NC(=O)c1ccncc1)c1cccc(CN2CCN(c3ccc(F)cc3)CC2)c1O. The Kier molecular flexibility index (Phi) is 6.95. The zero-order valence-electron chi connectivity index (χ0n) is 18.4. The molecule has 1 fully saturated rings. The third kappa shape index (κ3) is 5.53. The predicted octanol–water partition coefficient (Wildman–Crippen LogP) is 3.40. The van der Waals surface area contributed by atoms with Gasteiger partial charge >= 0.3 is 0 Å². The second-order valence-corrected chi connectivity index (χ2v) is 7.93. The van der Waals surface area contributed by atoms with E-state index in [1.54, 1.807) is 49.6 Å². The molecule has 0 aliphatic carbocycles. The summed E-state index contributed by atoms with van der Waals surface area (Å²) >= 11 is 0. The number of hydrazone groups is 1. The summed E-state index contributed by atoms with van der Waals surface area (Å²) in [5, 5.41) is 15.0. The van der Waals surface area contributed by atoms with Crippen molar-refractivity contribution < 1.29 is 14.3 Å². The Bertz CT molecular complexity index is 1130. The van der Waals surface area contributed by atoms with Crippen molar-refractivity contribution in [3.05, 3.63) is 89.5 Å². The van der Waals surface area contributed by atoms with E-state index < -0.39 is 0 Å². The number of amides is 1. The summed E-state index contributed by atoms with van der Waals surface area (Å²) in [6, 6.07) is 15.3. The number of aromatic nitrogens is 1. The molecular weight excluding hydrogens is 421 g/mol. The van der Waals surface area contributed by atoms with Crippen LogP contribution in [0.3, 0.4) is 0 Å². The number of benzene rings is 2. The number of phenolic OH excluding ortho intramolecular Hbond substituents is 1. The van der Waals surface area contributed by atoms with E-state index in [2.05, 4.69) is 25.3 Å². The highest BCUT2D eigenvalue weighted by Gasteiger charge is 2.19. The van der Waals surface area contributed by atoms with Crippen LogP contribution >= 0.6 is 0 Å². The number of hydrogen-bond acceptors (Lipinski definition) is 6. The van der Waals surface area contributed by atoms with Gasteiger partial charge in [0, 0.05) is 67.5 Å². The summed E-state index contributed by atoms with van der Waals surface area (Å²) in [7, 11) is 0. The van der Waals surface area contributed by atoms with Crippen LogP contribution in [0, 0.1) is 5.82 Å². The van der Waals surface area contributed by atoms with E-state index in [4.69, 9.17) is 0 Å². The van der Waals surface area contributed by atoms with Crippen molar-refractivity contribution in [3.8, 4) is 5.75 Å². The van der Waals surface area contributed by atoms with E-state index in [-0.39, 0.29) is 17.5 Å². The fourth-order valence-corrected chi connectivity index (χ4v) is 3.83. The van der Waals surface area contributed by atoms with Gasteiger partial charge in [-0.05, 0) is 49.4 Å². The number of hydrogen-bond donors (Lipinski definition) is 2. The Morgan fingerprint density at radius 1 is 1.06 bits per heavy atom. The Labute approximate surface area is 192 Å². The van der Waals surface area contributed by atoms with Gasteiger partial charge in [-0.1, -0.05) is 12.1 Å². The highest BCUT2D eigenvalue weighted by molar-refractivity contribution is 6.02. The molecule has 2 aromatic carbocycles. The number of nitrogens with one attached hydrogen (secondary N) is 1. The van der Waals surface area contributed by atoms with Gasteiger partial charge in [0.25, 0.3) is 5.91 Å². The van der Waals surface area contributed by atoms with Crippen molar-refractivity contribution in [1.29, 1.82) is 0 Å². The largest absolute Gasteiger partial charge is 0.507 e. The molecule has 1 aliphatic rings. The van der Waals surface area contributed by atoms with Gasteiger partial charge in [0.2, 0.25) is 0 Å². The highest BCUT2D eigenvalue weighted by Crippen LogP contribution is 2.25. The Hall–Kier alpha value is -3.78. The van der Waals surface area contributed by atoms with Crippen LogP contribution in [0.5, 0.6) is 5.75 Å². The average molecular weight is 448 g/mol. The molecule has 0 radical (unpaired) electrons. The molecule has 7 nitrogen and oxygen atoms in total. The molecule has 2 N–H and O–H groups in total. The number of halogens is 1. The van der Waals surface area contributed by atoms with E-state index >= 15 is 0 Å². The number of carbonyl (C=O) groups excluding carboxylic acids is 1. The minimum Gasteiger partial charge on any atom is -0.507 e. The minimum absolute atomic E-state index is 0.165. The molecule has 0 unspecified atom stereocenters. The fourth-order valence-electron chi connectivity index (χ4n) is 3.83. The molecule has 4 rings (SSSR count). The molecule has 33 heavy (non-hydrogen) atoms. The lowest BCUT2D eigenvalue weighted by Crippen LogP contribution is -2.46. The van der Waals surface area contributed by atoms with E-state index in [1.165, 1.54) is 12.1 Å². The molecule has 3 aromatic rings. The van der Waals surface area contributed by atoms with Crippen LogP contribution in [-0.2, 0) is 6.54 Å². The van der Waals surface area contributed by atoms with Crippen molar-refractivity contribution in [2.45, 2.75) is 13.5 Å². The standard InChI is InChI=1S/C25H26FN5O2/c1-18(28-29-25(33)19-9-11-27-12-10-19)23-4-2-3-20(24(23)32)17-30-13-15-31(16-14-30)22-7-5-21(26)6-8-22/h2-12,32H,13-17H2,1H3,(H,29,33)/b28-18-. The summed E-state index contributed by atoms with van der Waals surface area (Å²) in [6.45, 7) is 5.66. The Morgan fingerprint density at radius 2 is 1.76 bits per heavy atom. The Morgan fingerprint density at radius 3 is 2.45 bits per heavy atom. The quantitative estimate of drug-likeness (QED) is 0.447. The van der Waals surface area contributed by atoms with Crippen LogP contribution in [0.25, 0.3) is 0 Å². The van der Waals surface area contributed by atoms with Crippen molar-refractivity contribution in [1.82, 2.24) is 15.3 Å². The lowest BCUT2D eigenvalue weighted by Gasteiger charge is -2.36. The van der Waals surface area contributed by atoms with Gasteiger partial charge in [0.1, 0.15) is 11.6 Å². The first-order valence-electron chi connectivity index (χ1n) is 10.8. The number of pyridine rings is 1. The molecule has 1 saturated heterocycles. The van der Waals surface area contributed by atoms with Gasteiger partial charge in [-0.15, -0.1) is 0 Å². The molecule has 0 spiro atoms. The lowest BCUT2D eigenvalue weighted by atomic mass is 10.0. The van der Waals surface area contributed by atoms with Gasteiger partial charge in [-0.3, -0.25) is 14.7 Å². The molecule has 0 bridgehead atoms. The summed E-state index contributed by atoms with van der Waals surface area (Å²) in [5.74, 6) is -0.409. The van der Waals surface area contributed by atoms with Crippen LogP contribution in [0.1, 0.15) is 28.4 Å². The normalized spacial score (nSPS) is 14.8. The predicted molar refractivity (Wildman–Crippen MR) is 126 cm³/mol. The van der Waals surface area contributed by atoms with Gasteiger partial charge in [0.05, 0.1) is 5.71 Å². The zero-order chi connectivity index (χ0) is 23.2. The summed E-state index contributed by atoms with van der Waals surface area (Å²) in [6.07, 6.45) is 3.08. The molecule has 0 atom stereocenters. The first-order valence-corrected chi connectivity index (χ1v) is 10.8. The van der Waals surface area contributed by atoms with Crippen LogP contribution in [-0.4, -0.2) is 52.8 Å². The van der Waals surface area contributed by atoms with Crippen molar-refractivity contribution in [2.75, 3.05) is 31.1 Å². The molecule has 0 saturated carbocycles. The molecular formula is C25H26FN5O2. The molecule has 1 aliphatic heterocycles. The number of carbonyl (C=O) groups is 1. The lowest BCUT2D eigenvalue weighted by molar-refractivity contribution is 0.0954. The number of para-hydroxylation sites is 1. The van der Waals surface area contributed by atoms with Crippen molar-refractivity contribution in [2.24, 2.45) is 5.10 Å². The maximum absolute atomic E-state index is 13.2. The van der Waals surface area contributed by atoms with E-state index in [9.17, 15) is 14.3 Å². The number of nitrogens with zero attached hydrogens (tertiary/aromatic N) is 4. The highest BCUT2D eigenvalue weighted by atomic mass is 19.1. The van der Waals surface area contributed by atoms with Crippen molar-refractivity contribution >= 4 is 17.3 Å². The van der Waals surface area contributed by atoms with E-state index in [0.29, 0.717) is 23.4 Å². The fraction of sp³-hybridized carbons (Fsp3) is 0.240. The molecule has 170 valence electrons. The van der Waals surface area contributed by atoms with Crippen LogP contribution in [0.15, 0.2) is 72.1 Å². The van der Waals surface area contributed by atoms with Gasteiger partial charge in [0.15, 0.2) is 0 Å². The number of aromatic hydroxyl groups is 1. The number of phenols is 1. The van der Waals surface area contributed by atoms with Gasteiger partial charge in [-0.2, -0.15) is 5.10 Å². The monoisotopic (exact) mass is 447 g/mol. The first kappa shape index (κ1) is 22.4. The third-order valence-electron chi connectivity index (χ3n) is 5.74. The summed E-state index contributed by atoms with van der Waals surface area (Å²) in [4.78, 5) is 20.6. The van der Waals surface area contributed by atoms with Crippen LogP contribution < -0.4 is 10.3 Å². The smallest absolute Gasteiger partial charge is 0.271 e. The van der Waals surface area contributed by atoms with Crippen LogP contribution in [0.4, 0.5) is 10.1 Å². The van der Waals surface area contributed by atoms with E-state index in [1.807, 2.05) is 12.1 Å². The second-order valence-electron chi connectivity index (χ2n) is 7.93.